The standard InChI is InChI=1S/C25H40IN5O4Si/c1-25(2,3)35-24(33)28(4)19-13-16-9-10-18(19)31(16)23-27-21-20(22(32)29(23)5)17(26)14-30(21)15-34-11-12-36(6,7)8/h14,16,18-19H,9-13,15H2,1-8H3/t16-,18?,19+/m0/s1. The lowest BCUT2D eigenvalue weighted by atomic mass is 9.95. The van der Waals surface area contributed by atoms with Gasteiger partial charge < -0.3 is 23.8 Å². The van der Waals surface area contributed by atoms with Gasteiger partial charge in [-0.25, -0.2) is 4.79 Å². The van der Waals surface area contributed by atoms with Gasteiger partial charge in [-0.2, -0.15) is 4.98 Å². The Morgan fingerprint density at radius 1 is 1.28 bits per heavy atom. The van der Waals surface area contributed by atoms with Crippen LogP contribution >= 0.6 is 22.6 Å². The summed E-state index contributed by atoms with van der Waals surface area (Å²) in [5.41, 5.74) is 0.0659. The van der Waals surface area contributed by atoms with Crippen LogP contribution in [0.25, 0.3) is 11.0 Å². The van der Waals surface area contributed by atoms with Crippen LogP contribution in [0, 0.1) is 3.57 Å². The highest BCUT2D eigenvalue weighted by Gasteiger charge is 2.50. The van der Waals surface area contributed by atoms with Crippen LogP contribution in [0.1, 0.15) is 40.0 Å². The largest absolute Gasteiger partial charge is 0.444 e. The van der Waals surface area contributed by atoms with Gasteiger partial charge in [-0.1, -0.05) is 19.6 Å². The number of rotatable bonds is 7. The lowest BCUT2D eigenvalue weighted by Gasteiger charge is -2.33. The van der Waals surface area contributed by atoms with Gasteiger partial charge in [0, 0.05) is 44.6 Å². The summed E-state index contributed by atoms with van der Waals surface area (Å²) in [6, 6.07) is 1.44. The van der Waals surface area contributed by atoms with Crippen LogP contribution < -0.4 is 10.5 Å². The van der Waals surface area contributed by atoms with Crippen LogP contribution in [0.3, 0.4) is 0 Å². The minimum absolute atomic E-state index is 0.0167. The second-order valence-corrected chi connectivity index (χ2v) is 19.2. The summed E-state index contributed by atoms with van der Waals surface area (Å²) < 4.78 is 16.1. The molecule has 0 spiro atoms. The number of carbonyl (C=O) groups is 1. The average molecular weight is 630 g/mol. The number of hydrogen-bond donors (Lipinski definition) is 0. The molecule has 3 atom stereocenters. The summed E-state index contributed by atoms with van der Waals surface area (Å²) in [7, 11) is 2.43. The Morgan fingerprint density at radius 3 is 2.61 bits per heavy atom. The van der Waals surface area contributed by atoms with E-state index < -0.39 is 13.7 Å². The molecule has 200 valence electrons. The van der Waals surface area contributed by atoms with Gasteiger partial charge in [-0.05, 0) is 68.7 Å². The zero-order valence-corrected chi connectivity index (χ0v) is 26.0. The maximum atomic E-state index is 13.5. The molecule has 2 bridgehead atoms. The lowest BCUT2D eigenvalue weighted by molar-refractivity contribution is 0.0202. The third kappa shape index (κ3) is 5.47. The lowest BCUT2D eigenvalue weighted by Crippen LogP contribution is -2.47. The van der Waals surface area contributed by atoms with Gasteiger partial charge in [-0.15, -0.1) is 0 Å². The Morgan fingerprint density at radius 2 is 1.97 bits per heavy atom. The molecule has 11 heteroatoms. The van der Waals surface area contributed by atoms with Crippen molar-refractivity contribution in [3.63, 3.8) is 0 Å². The Labute approximate surface area is 228 Å². The second kappa shape index (κ2) is 9.94. The SMILES string of the molecule is CN(C(=O)OC(C)(C)C)[C@@H]1C[C@@H]2CCC1N2c1nc2c(c(I)cn2COCC[Si](C)(C)C)c(=O)n1C. The number of nitrogens with zero attached hydrogens (tertiary/aromatic N) is 5. The van der Waals surface area contributed by atoms with Gasteiger partial charge in [0.05, 0.1) is 17.5 Å². The Bertz CT molecular complexity index is 1200. The van der Waals surface area contributed by atoms with Crippen LogP contribution in [0.4, 0.5) is 10.7 Å². The molecule has 0 saturated carbocycles. The molecule has 2 saturated heterocycles. The van der Waals surface area contributed by atoms with Crippen molar-refractivity contribution in [2.45, 2.75) is 96.2 Å². The van der Waals surface area contributed by atoms with E-state index in [0.717, 1.165) is 28.9 Å². The number of hydrogen-bond acceptors (Lipinski definition) is 6. The zero-order chi connectivity index (χ0) is 26.6. The molecule has 2 aliphatic heterocycles. The molecule has 36 heavy (non-hydrogen) atoms. The van der Waals surface area contributed by atoms with Gasteiger partial charge in [0.25, 0.3) is 5.56 Å². The van der Waals surface area contributed by atoms with E-state index in [9.17, 15) is 9.59 Å². The van der Waals surface area contributed by atoms with Gasteiger partial charge in [0.15, 0.2) is 5.65 Å². The maximum absolute atomic E-state index is 13.5. The van der Waals surface area contributed by atoms with Gasteiger partial charge in [-0.3, -0.25) is 9.36 Å². The number of aromatic nitrogens is 3. The topological polar surface area (TPSA) is 81.8 Å². The molecule has 2 aliphatic rings. The number of ether oxygens (including phenoxy) is 2. The summed E-state index contributed by atoms with van der Waals surface area (Å²) in [4.78, 5) is 35.3. The molecule has 0 aromatic carbocycles. The Kier molecular flexibility index (Phi) is 7.57. The van der Waals surface area contributed by atoms with Crippen molar-refractivity contribution in [1.82, 2.24) is 19.0 Å². The van der Waals surface area contributed by atoms with Crippen molar-refractivity contribution < 1.29 is 14.3 Å². The molecule has 1 amide bonds. The normalized spacial score (nSPS) is 22.0. The van der Waals surface area contributed by atoms with Crippen LogP contribution in [0.2, 0.25) is 25.7 Å². The van der Waals surface area contributed by atoms with Gasteiger partial charge >= 0.3 is 6.09 Å². The number of likely N-dealkylation sites (N-methyl/N-ethyl adjacent to an activating group) is 1. The fourth-order valence-electron chi connectivity index (χ4n) is 5.28. The molecule has 2 fully saturated rings. The fraction of sp³-hybridized carbons (Fsp3) is 0.720. The molecule has 4 heterocycles. The van der Waals surface area contributed by atoms with E-state index >= 15 is 0 Å². The van der Waals surface area contributed by atoms with Crippen molar-refractivity contribution in [3.05, 3.63) is 20.1 Å². The molecule has 1 unspecified atom stereocenters. The first-order valence-corrected chi connectivity index (χ1v) is 17.5. The molecule has 4 rings (SSSR count). The highest BCUT2D eigenvalue weighted by Crippen LogP contribution is 2.42. The van der Waals surface area contributed by atoms with Crippen molar-refractivity contribution in [3.8, 4) is 0 Å². The molecule has 0 aliphatic carbocycles. The summed E-state index contributed by atoms with van der Waals surface area (Å²) in [6.07, 6.45) is 4.46. The number of amides is 1. The molecule has 0 N–H and O–H groups in total. The van der Waals surface area contributed by atoms with E-state index in [2.05, 4.69) is 47.1 Å². The van der Waals surface area contributed by atoms with Crippen LogP contribution in [0.5, 0.6) is 0 Å². The minimum Gasteiger partial charge on any atom is -0.444 e. The van der Waals surface area contributed by atoms with E-state index in [0.29, 0.717) is 30.3 Å². The van der Waals surface area contributed by atoms with Crippen molar-refractivity contribution in [1.29, 1.82) is 0 Å². The van der Waals surface area contributed by atoms with E-state index in [1.807, 2.05) is 38.6 Å². The smallest absolute Gasteiger partial charge is 0.410 e. The summed E-state index contributed by atoms with van der Waals surface area (Å²) in [5.74, 6) is 0.665. The van der Waals surface area contributed by atoms with Crippen LogP contribution in [0.15, 0.2) is 11.0 Å². The van der Waals surface area contributed by atoms with Crippen molar-refractivity contribution in [2.75, 3.05) is 18.6 Å². The summed E-state index contributed by atoms with van der Waals surface area (Å²) in [5, 5.41) is 0.629. The van der Waals surface area contributed by atoms with E-state index in [-0.39, 0.29) is 29.8 Å². The van der Waals surface area contributed by atoms with Gasteiger partial charge in [0.1, 0.15) is 12.3 Å². The molecular formula is C25H40IN5O4Si. The first-order valence-electron chi connectivity index (χ1n) is 12.8. The molecule has 9 nitrogen and oxygen atoms in total. The fourth-order valence-corrected chi connectivity index (χ4v) is 6.85. The zero-order valence-electron chi connectivity index (χ0n) is 22.8. The number of carbonyl (C=O) groups excluding carboxylic acids is 1. The van der Waals surface area contributed by atoms with Crippen molar-refractivity contribution in [2.24, 2.45) is 7.05 Å². The highest BCUT2D eigenvalue weighted by atomic mass is 127. The number of fused-ring (bicyclic) bond motifs is 3. The molecule has 2 aromatic rings. The van der Waals surface area contributed by atoms with E-state index in [1.165, 1.54) is 0 Å². The highest BCUT2D eigenvalue weighted by molar-refractivity contribution is 14.1. The third-order valence-corrected chi connectivity index (χ3v) is 9.69. The summed E-state index contributed by atoms with van der Waals surface area (Å²) in [6.45, 7) is 13.7. The van der Waals surface area contributed by atoms with Gasteiger partial charge in [0.2, 0.25) is 5.95 Å². The molecule has 2 aromatic heterocycles. The summed E-state index contributed by atoms with van der Waals surface area (Å²) >= 11 is 2.21. The quantitative estimate of drug-likeness (QED) is 0.253. The van der Waals surface area contributed by atoms with E-state index in [1.54, 1.807) is 16.5 Å². The second-order valence-electron chi connectivity index (χ2n) is 12.4. The van der Waals surface area contributed by atoms with Crippen LogP contribution in [-0.2, 0) is 23.3 Å². The average Bonchev–Trinajstić information content (AvgIpc) is 3.42. The minimum atomic E-state index is -1.18. The Balaban J connectivity index is 1.62. The number of anilines is 1. The molecule has 0 radical (unpaired) electrons. The van der Waals surface area contributed by atoms with Crippen LogP contribution in [-0.4, -0.2) is 70.6 Å². The van der Waals surface area contributed by atoms with E-state index in [4.69, 9.17) is 14.5 Å². The number of halogens is 1. The first kappa shape index (κ1) is 27.4. The monoisotopic (exact) mass is 629 g/mol. The first-order chi connectivity index (χ1) is 16.7. The third-order valence-electron chi connectivity index (χ3n) is 7.17. The maximum Gasteiger partial charge on any atom is 0.410 e. The predicted molar refractivity (Wildman–Crippen MR) is 153 cm³/mol. The van der Waals surface area contributed by atoms with Crippen molar-refractivity contribution >= 4 is 53.7 Å². The predicted octanol–water partition coefficient (Wildman–Crippen LogP) is 4.63. The Hall–Kier alpha value is -1.60. The molecular weight excluding hydrogens is 589 g/mol.